The molecule has 0 spiro atoms. The van der Waals surface area contributed by atoms with Gasteiger partial charge in [-0.1, -0.05) is 31.2 Å². The third-order valence-corrected chi connectivity index (χ3v) is 4.86. The van der Waals surface area contributed by atoms with Crippen LogP contribution in [0.1, 0.15) is 62.5 Å². The van der Waals surface area contributed by atoms with Crippen LogP contribution in [0, 0.1) is 5.41 Å². The molecule has 0 aromatic heterocycles. The van der Waals surface area contributed by atoms with Crippen LogP contribution in [0.4, 0.5) is 0 Å². The molecule has 0 heterocycles. The molecule has 2 aliphatic rings. The highest BCUT2D eigenvalue weighted by Gasteiger charge is 2.37. The highest BCUT2D eigenvalue weighted by molar-refractivity contribution is 5.81. The minimum absolute atomic E-state index is 0.270. The number of carbonyl (C=O) groups is 1. The SMILES string of the molecule is CC1(CC2CCCc3ccccc32)CCC(=O)C1. The molecule has 0 saturated heterocycles. The Kier molecular flexibility index (Phi) is 3.01. The van der Waals surface area contributed by atoms with Crippen LogP contribution in [-0.2, 0) is 11.2 Å². The monoisotopic (exact) mass is 242 g/mol. The van der Waals surface area contributed by atoms with Gasteiger partial charge in [-0.2, -0.15) is 0 Å². The molecule has 18 heavy (non-hydrogen) atoms. The number of aryl methyl sites for hydroxylation is 1. The third kappa shape index (κ3) is 2.23. The Bertz CT molecular complexity index is 462. The van der Waals surface area contributed by atoms with E-state index in [0.717, 1.165) is 19.3 Å². The van der Waals surface area contributed by atoms with Gasteiger partial charge in [-0.3, -0.25) is 4.79 Å². The molecule has 1 nitrogen and oxygen atoms in total. The Hall–Kier alpha value is -1.11. The smallest absolute Gasteiger partial charge is 0.133 e. The lowest BCUT2D eigenvalue weighted by atomic mass is 9.72. The quantitative estimate of drug-likeness (QED) is 0.757. The lowest BCUT2D eigenvalue weighted by Crippen LogP contribution is -2.20. The van der Waals surface area contributed by atoms with Crippen molar-refractivity contribution in [2.75, 3.05) is 0 Å². The van der Waals surface area contributed by atoms with Crippen molar-refractivity contribution in [3.8, 4) is 0 Å². The van der Waals surface area contributed by atoms with Crippen LogP contribution >= 0.6 is 0 Å². The van der Waals surface area contributed by atoms with Gasteiger partial charge < -0.3 is 0 Å². The molecule has 0 aliphatic heterocycles. The summed E-state index contributed by atoms with van der Waals surface area (Å²) in [5, 5.41) is 0. The molecule has 2 atom stereocenters. The summed E-state index contributed by atoms with van der Waals surface area (Å²) >= 11 is 0. The first-order valence-electron chi connectivity index (χ1n) is 7.26. The second-order valence-corrected chi connectivity index (χ2v) is 6.52. The van der Waals surface area contributed by atoms with E-state index in [1.165, 1.54) is 25.7 Å². The normalized spacial score (nSPS) is 31.4. The number of hydrogen-bond acceptors (Lipinski definition) is 1. The third-order valence-electron chi connectivity index (χ3n) is 4.86. The average Bonchev–Trinajstić information content (AvgIpc) is 2.70. The van der Waals surface area contributed by atoms with Crippen LogP contribution < -0.4 is 0 Å². The number of fused-ring (bicyclic) bond motifs is 1. The van der Waals surface area contributed by atoms with Crippen molar-refractivity contribution in [3.63, 3.8) is 0 Å². The van der Waals surface area contributed by atoms with E-state index >= 15 is 0 Å². The molecule has 1 saturated carbocycles. The fraction of sp³-hybridized carbons (Fsp3) is 0.588. The summed E-state index contributed by atoms with van der Waals surface area (Å²) < 4.78 is 0. The molecule has 2 aliphatic carbocycles. The Labute approximate surface area is 110 Å². The highest BCUT2D eigenvalue weighted by Crippen LogP contribution is 2.46. The van der Waals surface area contributed by atoms with Gasteiger partial charge >= 0.3 is 0 Å². The van der Waals surface area contributed by atoms with E-state index in [4.69, 9.17) is 0 Å². The maximum absolute atomic E-state index is 11.5. The molecule has 1 aromatic rings. The van der Waals surface area contributed by atoms with Crippen LogP contribution in [-0.4, -0.2) is 5.78 Å². The zero-order valence-corrected chi connectivity index (χ0v) is 11.2. The van der Waals surface area contributed by atoms with Gasteiger partial charge in [-0.25, -0.2) is 0 Å². The van der Waals surface area contributed by atoms with Crippen molar-refractivity contribution in [2.24, 2.45) is 5.41 Å². The summed E-state index contributed by atoms with van der Waals surface area (Å²) in [6, 6.07) is 8.91. The van der Waals surface area contributed by atoms with Crippen molar-refractivity contribution < 1.29 is 4.79 Å². The van der Waals surface area contributed by atoms with Crippen LogP contribution in [0.3, 0.4) is 0 Å². The predicted molar refractivity (Wildman–Crippen MR) is 73.7 cm³/mol. The van der Waals surface area contributed by atoms with Gasteiger partial charge in [0.2, 0.25) is 0 Å². The summed E-state index contributed by atoms with van der Waals surface area (Å²) in [7, 11) is 0. The summed E-state index contributed by atoms with van der Waals surface area (Å²) in [6.45, 7) is 2.31. The zero-order chi connectivity index (χ0) is 12.6. The molecule has 96 valence electrons. The van der Waals surface area contributed by atoms with E-state index in [1.807, 2.05) is 0 Å². The number of carbonyl (C=O) groups excluding carboxylic acids is 1. The van der Waals surface area contributed by atoms with Crippen molar-refractivity contribution in [3.05, 3.63) is 35.4 Å². The highest BCUT2D eigenvalue weighted by atomic mass is 16.1. The van der Waals surface area contributed by atoms with E-state index in [-0.39, 0.29) is 5.41 Å². The molecule has 0 bridgehead atoms. The van der Waals surface area contributed by atoms with E-state index in [1.54, 1.807) is 11.1 Å². The lowest BCUT2D eigenvalue weighted by Gasteiger charge is -2.32. The summed E-state index contributed by atoms with van der Waals surface area (Å²) in [5.41, 5.74) is 3.37. The molecule has 1 fully saturated rings. The number of ketones is 1. The molecule has 1 aromatic carbocycles. The molecule has 0 amide bonds. The molecule has 1 heteroatoms. The summed E-state index contributed by atoms with van der Waals surface area (Å²) in [4.78, 5) is 11.5. The second-order valence-electron chi connectivity index (χ2n) is 6.52. The molecular formula is C17H22O. The Balaban J connectivity index is 1.80. The standard InChI is InChI=1S/C17H22O/c1-17(10-9-15(18)12-17)11-14-7-4-6-13-5-2-3-8-16(13)14/h2-3,5,8,14H,4,6-7,9-12H2,1H3. The van der Waals surface area contributed by atoms with Gasteiger partial charge in [0.05, 0.1) is 0 Å². The topological polar surface area (TPSA) is 17.1 Å². The van der Waals surface area contributed by atoms with Gasteiger partial charge in [0.25, 0.3) is 0 Å². The van der Waals surface area contributed by atoms with Gasteiger partial charge in [0.15, 0.2) is 0 Å². The van der Waals surface area contributed by atoms with Crippen LogP contribution in [0.2, 0.25) is 0 Å². The first-order valence-corrected chi connectivity index (χ1v) is 7.26. The fourth-order valence-electron chi connectivity index (χ4n) is 3.93. The Morgan fingerprint density at radius 3 is 2.89 bits per heavy atom. The predicted octanol–water partition coefficient (Wildman–Crippen LogP) is 4.26. The maximum Gasteiger partial charge on any atom is 0.133 e. The van der Waals surface area contributed by atoms with Crippen molar-refractivity contribution >= 4 is 5.78 Å². The van der Waals surface area contributed by atoms with Gasteiger partial charge in [0, 0.05) is 12.8 Å². The minimum Gasteiger partial charge on any atom is -0.300 e. The molecule has 0 N–H and O–H groups in total. The van der Waals surface area contributed by atoms with Gasteiger partial charge in [0.1, 0.15) is 5.78 Å². The zero-order valence-electron chi connectivity index (χ0n) is 11.2. The van der Waals surface area contributed by atoms with Crippen molar-refractivity contribution in [2.45, 2.75) is 57.8 Å². The average molecular weight is 242 g/mol. The van der Waals surface area contributed by atoms with E-state index < -0.39 is 0 Å². The van der Waals surface area contributed by atoms with E-state index in [9.17, 15) is 4.79 Å². The molecular weight excluding hydrogens is 220 g/mol. The van der Waals surface area contributed by atoms with Gasteiger partial charge in [-0.05, 0) is 54.6 Å². The first-order chi connectivity index (χ1) is 8.66. The number of hydrogen-bond donors (Lipinski definition) is 0. The van der Waals surface area contributed by atoms with E-state index in [0.29, 0.717) is 11.7 Å². The molecule has 0 radical (unpaired) electrons. The van der Waals surface area contributed by atoms with Gasteiger partial charge in [-0.15, -0.1) is 0 Å². The fourth-order valence-corrected chi connectivity index (χ4v) is 3.93. The summed E-state index contributed by atoms with van der Waals surface area (Å²) in [6.07, 6.45) is 7.78. The number of Topliss-reactive ketones (excluding diaryl/α,β-unsaturated/α-hetero) is 1. The van der Waals surface area contributed by atoms with Crippen LogP contribution in [0.25, 0.3) is 0 Å². The van der Waals surface area contributed by atoms with Crippen LogP contribution in [0.15, 0.2) is 24.3 Å². The Morgan fingerprint density at radius 2 is 2.11 bits per heavy atom. The number of rotatable bonds is 2. The van der Waals surface area contributed by atoms with Crippen molar-refractivity contribution in [1.82, 2.24) is 0 Å². The molecule has 2 unspecified atom stereocenters. The minimum atomic E-state index is 0.270. The Morgan fingerprint density at radius 1 is 1.28 bits per heavy atom. The number of benzene rings is 1. The summed E-state index contributed by atoms with van der Waals surface area (Å²) in [5.74, 6) is 1.16. The first kappa shape index (κ1) is 12.0. The lowest BCUT2D eigenvalue weighted by molar-refractivity contribution is -0.118. The maximum atomic E-state index is 11.5. The van der Waals surface area contributed by atoms with Crippen LogP contribution in [0.5, 0.6) is 0 Å². The molecule has 3 rings (SSSR count). The van der Waals surface area contributed by atoms with Crippen molar-refractivity contribution in [1.29, 1.82) is 0 Å². The second kappa shape index (κ2) is 4.53. The van der Waals surface area contributed by atoms with E-state index in [2.05, 4.69) is 31.2 Å². The largest absolute Gasteiger partial charge is 0.300 e.